The van der Waals surface area contributed by atoms with E-state index in [2.05, 4.69) is 6.08 Å². The number of carbonyl (C=O) groups excluding carboxylic acids is 1. The van der Waals surface area contributed by atoms with Gasteiger partial charge in [-0.1, -0.05) is 29.8 Å². The molecule has 2 aromatic rings. The van der Waals surface area contributed by atoms with E-state index in [1.165, 1.54) is 5.57 Å². The Balaban J connectivity index is 1.91. The molecule has 0 saturated carbocycles. The van der Waals surface area contributed by atoms with Crippen LogP contribution in [0, 0.1) is 0 Å². The van der Waals surface area contributed by atoms with Crippen LogP contribution in [0.3, 0.4) is 0 Å². The first kappa shape index (κ1) is 17.7. The first-order valence-electron chi connectivity index (χ1n) is 8.70. The normalized spacial score (nSPS) is 16.6. The molecule has 0 aliphatic carbocycles. The summed E-state index contributed by atoms with van der Waals surface area (Å²) in [7, 11) is 0. The average Bonchev–Trinajstić information content (AvgIpc) is 2.93. The van der Waals surface area contributed by atoms with Gasteiger partial charge in [0.1, 0.15) is 5.60 Å². The molecule has 25 heavy (non-hydrogen) atoms. The number of nitrogens with two attached hydrogens (primary N) is 1. The van der Waals surface area contributed by atoms with Gasteiger partial charge in [0.25, 0.3) is 0 Å². The minimum Gasteiger partial charge on any atom is -0.443 e. The number of aromatic nitrogens is 1. The SMILES string of the molecule is CC(C)(C)OC(=O)n1cc(CC(N)C2=CCOCC2)c2ccccc21. The Bertz CT molecular complexity index is 799. The van der Waals surface area contributed by atoms with Crippen molar-refractivity contribution in [2.24, 2.45) is 5.73 Å². The van der Waals surface area contributed by atoms with Gasteiger partial charge in [0.15, 0.2) is 0 Å². The van der Waals surface area contributed by atoms with Gasteiger partial charge in [0.2, 0.25) is 0 Å². The average molecular weight is 342 g/mol. The van der Waals surface area contributed by atoms with Crippen LogP contribution < -0.4 is 5.73 Å². The number of rotatable bonds is 3. The second-order valence-corrected chi connectivity index (χ2v) is 7.44. The lowest BCUT2D eigenvalue weighted by Crippen LogP contribution is -2.28. The molecule has 1 unspecified atom stereocenters. The molecule has 5 nitrogen and oxygen atoms in total. The minimum absolute atomic E-state index is 0.0678. The predicted molar refractivity (Wildman–Crippen MR) is 98.8 cm³/mol. The summed E-state index contributed by atoms with van der Waals surface area (Å²) in [5.41, 5.74) is 9.00. The third kappa shape index (κ3) is 4.11. The van der Waals surface area contributed by atoms with Gasteiger partial charge in [0.05, 0.1) is 18.7 Å². The van der Waals surface area contributed by atoms with Crippen LogP contribution in [0.1, 0.15) is 32.8 Å². The van der Waals surface area contributed by atoms with E-state index in [0.717, 1.165) is 29.5 Å². The zero-order valence-corrected chi connectivity index (χ0v) is 15.1. The van der Waals surface area contributed by atoms with Crippen LogP contribution in [0.4, 0.5) is 4.79 Å². The number of carbonyl (C=O) groups is 1. The second-order valence-electron chi connectivity index (χ2n) is 7.44. The summed E-state index contributed by atoms with van der Waals surface area (Å²) in [6.07, 6.45) is 5.11. The number of hydrogen-bond donors (Lipinski definition) is 1. The molecule has 2 heterocycles. The number of fused-ring (bicyclic) bond motifs is 1. The van der Waals surface area contributed by atoms with Crippen LogP contribution in [-0.4, -0.2) is 35.5 Å². The smallest absolute Gasteiger partial charge is 0.419 e. The van der Waals surface area contributed by atoms with Crippen LogP contribution in [0.2, 0.25) is 0 Å². The van der Waals surface area contributed by atoms with Gasteiger partial charge < -0.3 is 15.2 Å². The topological polar surface area (TPSA) is 66.5 Å². The number of para-hydroxylation sites is 1. The third-order valence-corrected chi connectivity index (χ3v) is 4.30. The summed E-state index contributed by atoms with van der Waals surface area (Å²) < 4.78 is 12.5. The van der Waals surface area contributed by atoms with E-state index in [1.807, 2.05) is 51.2 Å². The van der Waals surface area contributed by atoms with E-state index >= 15 is 0 Å². The van der Waals surface area contributed by atoms with E-state index < -0.39 is 5.60 Å². The standard InChI is InChI=1S/C20H26N2O3/c1-20(2,3)25-19(23)22-13-15(16-6-4-5-7-18(16)22)12-17(21)14-8-10-24-11-9-14/h4-8,13,17H,9-12,21H2,1-3H3. The molecular formula is C20H26N2O3. The summed E-state index contributed by atoms with van der Waals surface area (Å²) in [5, 5.41) is 1.04. The van der Waals surface area contributed by atoms with Crippen molar-refractivity contribution >= 4 is 17.0 Å². The van der Waals surface area contributed by atoms with E-state index in [9.17, 15) is 4.79 Å². The maximum atomic E-state index is 12.6. The second kappa shape index (κ2) is 7.02. The molecule has 0 amide bonds. The highest BCUT2D eigenvalue weighted by Gasteiger charge is 2.22. The summed E-state index contributed by atoms with van der Waals surface area (Å²) in [6.45, 7) is 6.95. The number of hydrogen-bond acceptors (Lipinski definition) is 4. The molecule has 0 radical (unpaired) electrons. The molecule has 0 fully saturated rings. The fraction of sp³-hybridized carbons (Fsp3) is 0.450. The van der Waals surface area contributed by atoms with Crippen molar-refractivity contribution in [1.82, 2.24) is 4.57 Å². The summed E-state index contributed by atoms with van der Waals surface area (Å²) in [4.78, 5) is 12.6. The molecule has 0 saturated heterocycles. The quantitative estimate of drug-likeness (QED) is 0.865. The maximum Gasteiger partial charge on any atom is 0.419 e. The molecule has 5 heteroatoms. The van der Waals surface area contributed by atoms with Crippen molar-refractivity contribution < 1.29 is 14.3 Å². The van der Waals surface area contributed by atoms with E-state index in [4.69, 9.17) is 15.2 Å². The Morgan fingerprint density at radius 2 is 2.12 bits per heavy atom. The van der Waals surface area contributed by atoms with Crippen molar-refractivity contribution in [2.45, 2.75) is 45.3 Å². The number of nitrogens with zero attached hydrogens (tertiary/aromatic N) is 1. The molecule has 0 spiro atoms. The third-order valence-electron chi connectivity index (χ3n) is 4.30. The molecule has 1 aliphatic rings. The van der Waals surface area contributed by atoms with Gasteiger partial charge in [-0.15, -0.1) is 0 Å². The van der Waals surface area contributed by atoms with Gasteiger partial charge in [-0.05, 0) is 45.2 Å². The molecule has 1 aromatic heterocycles. The summed E-state index contributed by atoms with van der Waals surface area (Å²) in [6, 6.07) is 7.79. The zero-order chi connectivity index (χ0) is 18.0. The molecule has 1 atom stereocenters. The molecule has 1 aromatic carbocycles. The molecule has 2 N–H and O–H groups in total. The van der Waals surface area contributed by atoms with Gasteiger partial charge in [-0.2, -0.15) is 0 Å². The van der Waals surface area contributed by atoms with Gasteiger partial charge in [0, 0.05) is 17.6 Å². The van der Waals surface area contributed by atoms with E-state index in [0.29, 0.717) is 13.0 Å². The van der Waals surface area contributed by atoms with Crippen LogP contribution in [0.25, 0.3) is 10.9 Å². The van der Waals surface area contributed by atoms with Crippen molar-refractivity contribution in [1.29, 1.82) is 0 Å². The summed E-state index contributed by atoms with van der Waals surface area (Å²) >= 11 is 0. The Labute approximate surface area is 148 Å². The lowest BCUT2D eigenvalue weighted by molar-refractivity contribution is 0.0544. The largest absolute Gasteiger partial charge is 0.443 e. The van der Waals surface area contributed by atoms with E-state index in [1.54, 1.807) is 4.57 Å². The first-order valence-corrected chi connectivity index (χ1v) is 8.70. The van der Waals surface area contributed by atoms with E-state index in [-0.39, 0.29) is 12.1 Å². The number of ether oxygens (including phenoxy) is 2. The molecule has 134 valence electrons. The minimum atomic E-state index is -0.536. The Kier molecular flexibility index (Phi) is 4.97. The number of benzene rings is 1. The fourth-order valence-corrected chi connectivity index (χ4v) is 3.12. The van der Waals surface area contributed by atoms with Gasteiger partial charge in [-0.3, -0.25) is 4.57 Å². The summed E-state index contributed by atoms with van der Waals surface area (Å²) in [5.74, 6) is 0. The highest BCUT2D eigenvalue weighted by Crippen LogP contribution is 2.25. The fourth-order valence-electron chi connectivity index (χ4n) is 3.12. The van der Waals surface area contributed by atoms with Crippen molar-refractivity contribution in [3.05, 3.63) is 47.7 Å². The Hall–Kier alpha value is -2.11. The van der Waals surface area contributed by atoms with Crippen molar-refractivity contribution in [3.63, 3.8) is 0 Å². The molecule has 0 bridgehead atoms. The van der Waals surface area contributed by atoms with Crippen LogP contribution >= 0.6 is 0 Å². The Morgan fingerprint density at radius 3 is 2.80 bits per heavy atom. The lowest BCUT2D eigenvalue weighted by atomic mass is 9.96. The van der Waals surface area contributed by atoms with Gasteiger partial charge >= 0.3 is 6.09 Å². The Morgan fingerprint density at radius 1 is 1.36 bits per heavy atom. The van der Waals surface area contributed by atoms with Crippen LogP contribution in [0.5, 0.6) is 0 Å². The maximum absolute atomic E-state index is 12.6. The zero-order valence-electron chi connectivity index (χ0n) is 15.1. The van der Waals surface area contributed by atoms with Crippen molar-refractivity contribution in [3.8, 4) is 0 Å². The van der Waals surface area contributed by atoms with Crippen molar-refractivity contribution in [2.75, 3.05) is 13.2 Å². The highest BCUT2D eigenvalue weighted by molar-refractivity contribution is 5.92. The van der Waals surface area contributed by atoms with Gasteiger partial charge in [-0.25, -0.2) is 4.79 Å². The van der Waals surface area contributed by atoms with Crippen LogP contribution in [0.15, 0.2) is 42.1 Å². The first-order chi connectivity index (χ1) is 11.8. The van der Waals surface area contributed by atoms with Crippen LogP contribution in [-0.2, 0) is 15.9 Å². The molecule has 1 aliphatic heterocycles. The lowest BCUT2D eigenvalue weighted by Gasteiger charge is -2.20. The molecule has 3 rings (SSSR count). The predicted octanol–water partition coefficient (Wildman–Crippen LogP) is 3.64. The highest BCUT2D eigenvalue weighted by atomic mass is 16.6. The molecular weight excluding hydrogens is 316 g/mol. The monoisotopic (exact) mass is 342 g/mol.